The second-order valence-corrected chi connectivity index (χ2v) is 7.19. The normalized spacial score (nSPS) is 12.6. The summed E-state index contributed by atoms with van der Waals surface area (Å²) in [4.78, 5) is 20.5. The van der Waals surface area contributed by atoms with Crippen LogP contribution in [0.1, 0.15) is 27.3 Å². The molecule has 2 aromatic carbocycles. The average molecular weight is 381 g/mol. The number of aromatic amines is 1. The Kier molecular flexibility index (Phi) is 4.13. The summed E-state index contributed by atoms with van der Waals surface area (Å²) >= 11 is 0. The molecule has 0 aliphatic heterocycles. The van der Waals surface area contributed by atoms with Crippen LogP contribution in [0.4, 0.5) is 5.69 Å². The van der Waals surface area contributed by atoms with Gasteiger partial charge in [0.2, 0.25) is 5.78 Å². The minimum absolute atomic E-state index is 0.0236. The fourth-order valence-corrected chi connectivity index (χ4v) is 3.60. The van der Waals surface area contributed by atoms with E-state index in [0.717, 1.165) is 33.5 Å². The number of pyridine rings is 1. The van der Waals surface area contributed by atoms with E-state index in [0.29, 0.717) is 30.0 Å². The maximum absolute atomic E-state index is 13.0. The lowest BCUT2D eigenvalue weighted by Crippen LogP contribution is -2.04. The van der Waals surface area contributed by atoms with Gasteiger partial charge in [0.05, 0.1) is 23.3 Å². The Morgan fingerprint density at radius 3 is 2.83 bits per heavy atom. The highest BCUT2D eigenvalue weighted by atomic mass is 16.5. The summed E-state index contributed by atoms with van der Waals surface area (Å²) < 4.78 is 5.89. The number of benzene rings is 2. The molecular formula is C24H19N3O2. The summed E-state index contributed by atoms with van der Waals surface area (Å²) in [6.45, 7) is 0.504. The van der Waals surface area contributed by atoms with Crippen LogP contribution in [0.25, 0.3) is 17.0 Å². The van der Waals surface area contributed by atoms with Crippen LogP contribution in [0.2, 0.25) is 0 Å². The van der Waals surface area contributed by atoms with Crippen LogP contribution < -0.4 is 10.5 Å². The van der Waals surface area contributed by atoms with E-state index in [2.05, 4.69) is 9.97 Å². The molecule has 0 unspecified atom stereocenters. The minimum Gasteiger partial charge on any atom is -0.489 e. The van der Waals surface area contributed by atoms with Crippen LogP contribution in [0, 0.1) is 0 Å². The fraction of sp³-hybridized carbons (Fsp3) is 0.0833. The maximum atomic E-state index is 13.0. The van der Waals surface area contributed by atoms with Crippen molar-refractivity contribution in [3.8, 4) is 5.75 Å². The molecule has 5 nitrogen and oxygen atoms in total. The van der Waals surface area contributed by atoms with Gasteiger partial charge in [0.25, 0.3) is 0 Å². The molecule has 0 bridgehead atoms. The van der Waals surface area contributed by atoms with Crippen molar-refractivity contribution in [3.05, 3.63) is 94.9 Å². The molecule has 0 radical (unpaired) electrons. The van der Waals surface area contributed by atoms with Gasteiger partial charge in [0, 0.05) is 22.9 Å². The number of carbonyl (C=O) groups excluding carboxylic acids is 1. The van der Waals surface area contributed by atoms with Gasteiger partial charge in [-0.1, -0.05) is 30.3 Å². The molecule has 1 aliphatic rings. The predicted octanol–water partition coefficient (Wildman–Crippen LogP) is 4.55. The van der Waals surface area contributed by atoms with E-state index in [9.17, 15) is 4.79 Å². The van der Waals surface area contributed by atoms with Crippen LogP contribution in [0.3, 0.4) is 0 Å². The molecule has 2 heterocycles. The number of aromatic nitrogens is 2. The van der Waals surface area contributed by atoms with Gasteiger partial charge in [-0.3, -0.25) is 9.78 Å². The molecule has 142 valence electrons. The van der Waals surface area contributed by atoms with E-state index in [-0.39, 0.29) is 5.78 Å². The van der Waals surface area contributed by atoms with E-state index >= 15 is 0 Å². The van der Waals surface area contributed by atoms with Crippen molar-refractivity contribution in [2.24, 2.45) is 0 Å². The molecule has 0 saturated carbocycles. The number of hydrogen-bond acceptors (Lipinski definition) is 4. The number of allylic oxidation sites excluding steroid dienone is 1. The molecule has 2 aromatic heterocycles. The molecule has 0 atom stereocenters. The van der Waals surface area contributed by atoms with Gasteiger partial charge in [-0.05, 0) is 47.5 Å². The van der Waals surface area contributed by atoms with Crippen molar-refractivity contribution < 1.29 is 9.53 Å². The number of ether oxygens (including phenoxy) is 1. The van der Waals surface area contributed by atoms with E-state index in [1.54, 1.807) is 6.20 Å². The first-order valence-electron chi connectivity index (χ1n) is 9.45. The van der Waals surface area contributed by atoms with Crippen LogP contribution in [0.5, 0.6) is 5.75 Å². The lowest BCUT2D eigenvalue weighted by atomic mass is 10.1. The Labute approximate surface area is 167 Å². The fourth-order valence-electron chi connectivity index (χ4n) is 3.60. The first-order chi connectivity index (χ1) is 14.2. The zero-order valence-electron chi connectivity index (χ0n) is 15.7. The number of Topliss-reactive ketones (excluding diaryl/α,β-unsaturated/α-hetero) is 1. The SMILES string of the molecule is Nc1cnc2c(c1)C=C(C(=O)c1cc3cc(OCc4ccccc4)ccc3[nH]1)C2. The van der Waals surface area contributed by atoms with Gasteiger partial charge < -0.3 is 15.5 Å². The standard InChI is InChI=1S/C24H19N3O2/c25-19-9-16-8-18(12-22(16)26-13-19)24(28)23-11-17-10-20(6-7-21(17)27-23)29-14-15-4-2-1-3-5-15/h1-11,13,27H,12,14,25H2. The summed E-state index contributed by atoms with van der Waals surface area (Å²) in [5.74, 6) is 0.746. The first kappa shape index (κ1) is 17.3. The van der Waals surface area contributed by atoms with Gasteiger partial charge >= 0.3 is 0 Å². The number of H-pyrrole nitrogens is 1. The smallest absolute Gasteiger partial charge is 0.205 e. The van der Waals surface area contributed by atoms with Gasteiger partial charge in [0.15, 0.2) is 0 Å². The highest BCUT2D eigenvalue weighted by Crippen LogP contribution is 2.29. The van der Waals surface area contributed by atoms with Crippen molar-refractivity contribution in [2.45, 2.75) is 13.0 Å². The maximum Gasteiger partial charge on any atom is 0.205 e. The molecule has 4 aromatic rings. The van der Waals surface area contributed by atoms with Crippen LogP contribution >= 0.6 is 0 Å². The number of anilines is 1. The van der Waals surface area contributed by atoms with Crippen molar-refractivity contribution in [1.82, 2.24) is 9.97 Å². The number of rotatable bonds is 5. The van der Waals surface area contributed by atoms with E-state index < -0.39 is 0 Å². The lowest BCUT2D eigenvalue weighted by Gasteiger charge is -2.06. The number of nitrogens with one attached hydrogen (secondary N) is 1. The second kappa shape index (κ2) is 6.95. The number of ketones is 1. The van der Waals surface area contributed by atoms with Crippen LogP contribution in [0.15, 0.2) is 72.4 Å². The number of nitrogen functional groups attached to an aromatic ring is 1. The van der Waals surface area contributed by atoms with Gasteiger partial charge in [-0.15, -0.1) is 0 Å². The Morgan fingerprint density at radius 1 is 1.10 bits per heavy atom. The molecule has 0 saturated heterocycles. The number of fused-ring (bicyclic) bond motifs is 2. The van der Waals surface area contributed by atoms with Crippen molar-refractivity contribution in [1.29, 1.82) is 0 Å². The highest BCUT2D eigenvalue weighted by molar-refractivity contribution is 6.13. The Bertz CT molecular complexity index is 1260. The highest BCUT2D eigenvalue weighted by Gasteiger charge is 2.22. The summed E-state index contributed by atoms with van der Waals surface area (Å²) in [6, 6.07) is 19.5. The third-order valence-electron chi connectivity index (χ3n) is 5.09. The molecule has 0 amide bonds. The van der Waals surface area contributed by atoms with Gasteiger partial charge in [-0.25, -0.2) is 0 Å². The summed E-state index contributed by atoms with van der Waals surface area (Å²) in [5, 5.41) is 0.942. The molecular weight excluding hydrogens is 362 g/mol. The van der Waals surface area contributed by atoms with E-state index in [1.807, 2.05) is 66.7 Å². The largest absolute Gasteiger partial charge is 0.489 e. The zero-order valence-corrected chi connectivity index (χ0v) is 15.7. The number of nitrogens with two attached hydrogens (primary N) is 1. The predicted molar refractivity (Wildman–Crippen MR) is 114 cm³/mol. The number of hydrogen-bond donors (Lipinski definition) is 2. The third-order valence-corrected chi connectivity index (χ3v) is 5.09. The van der Waals surface area contributed by atoms with Crippen molar-refractivity contribution in [3.63, 3.8) is 0 Å². The van der Waals surface area contributed by atoms with E-state index in [1.165, 1.54) is 0 Å². The van der Waals surface area contributed by atoms with Crippen LogP contribution in [-0.4, -0.2) is 15.8 Å². The Hall–Kier alpha value is -3.86. The minimum atomic E-state index is -0.0236. The van der Waals surface area contributed by atoms with Gasteiger partial charge in [0.1, 0.15) is 12.4 Å². The monoisotopic (exact) mass is 381 g/mol. The molecule has 5 rings (SSSR count). The number of nitrogens with zero attached hydrogens (tertiary/aromatic N) is 1. The molecule has 0 spiro atoms. The Morgan fingerprint density at radius 2 is 1.97 bits per heavy atom. The second-order valence-electron chi connectivity index (χ2n) is 7.19. The lowest BCUT2D eigenvalue weighted by molar-refractivity contribution is 0.103. The van der Waals surface area contributed by atoms with Gasteiger partial charge in [-0.2, -0.15) is 0 Å². The molecule has 0 fully saturated rings. The summed E-state index contributed by atoms with van der Waals surface area (Å²) in [6.07, 6.45) is 4.02. The van der Waals surface area contributed by atoms with Crippen LogP contribution in [-0.2, 0) is 13.0 Å². The number of carbonyl (C=O) groups is 1. The summed E-state index contributed by atoms with van der Waals surface area (Å²) in [7, 11) is 0. The van der Waals surface area contributed by atoms with E-state index in [4.69, 9.17) is 10.5 Å². The molecule has 5 heteroatoms. The topological polar surface area (TPSA) is 81.0 Å². The zero-order chi connectivity index (χ0) is 19.8. The van der Waals surface area contributed by atoms with Crippen molar-refractivity contribution >= 4 is 28.4 Å². The molecule has 3 N–H and O–H groups in total. The average Bonchev–Trinajstić information content (AvgIpc) is 3.35. The third kappa shape index (κ3) is 3.38. The first-order valence-corrected chi connectivity index (χ1v) is 9.45. The van der Waals surface area contributed by atoms with Crippen molar-refractivity contribution in [2.75, 3.05) is 5.73 Å². The summed E-state index contributed by atoms with van der Waals surface area (Å²) in [5.41, 5.74) is 11.5. The molecule has 29 heavy (non-hydrogen) atoms. The Balaban J connectivity index is 1.36. The quantitative estimate of drug-likeness (QED) is 0.497. The molecule has 1 aliphatic carbocycles.